The molecule has 16 heavy (non-hydrogen) atoms. The van der Waals surface area contributed by atoms with Crippen LogP contribution in [0.4, 0.5) is 0 Å². The standard InChI is InChI=1S/C12H14BrN3/c13-10-5-11-9(6-14-12(11)15-7-10)8-16-3-1-2-4-16/h5-7H,1-4,8H2,(H,14,15). The average molecular weight is 280 g/mol. The van der Waals surface area contributed by atoms with Gasteiger partial charge in [0.25, 0.3) is 0 Å². The monoisotopic (exact) mass is 279 g/mol. The van der Waals surface area contributed by atoms with Crippen LogP contribution in [0.25, 0.3) is 11.0 Å². The van der Waals surface area contributed by atoms with Crippen molar-refractivity contribution in [1.29, 1.82) is 0 Å². The highest BCUT2D eigenvalue weighted by Crippen LogP contribution is 2.22. The summed E-state index contributed by atoms with van der Waals surface area (Å²) in [6.45, 7) is 3.50. The maximum absolute atomic E-state index is 4.36. The van der Waals surface area contributed by atoms with E-state index in [1.165, 1.54) is 36.9 Å². The van der Waals surface area contributed by atoms with Crippen molar-refractivity contribution >= 4 is 27.0 Å². The Morgan fingerprint density at radius 2 is 2.19 bits per heavy atom. The van der Waals surface area contributed by atoms with Crippen LogP contribution in [0.15, 0.2) is 22.9 Å². The molecule has 0 unspecified atom stereocenters. The third-order valence-corrected chi connectivity index (χ3v) is 3.61. The molecular weight excluding hydrogens is 266 g/mol. The van der Waals surface area contributed by atoms with Crippen LogP contribution in [0.3, 0.4) is 0 Å². The van der Waals surface area contributed by atoms with Crippen LogP contribution in [-0.2, 0) is 6.54 Å². The summed E-state index contributed by atoms with van der Waals surface area (Å²) in [7, 11) is 0. The van der Waals surface area contributed by atoms with Gasteiger partial charge in [0.15, 0.2) is 0 Å². The zero-order valence-corrected chi connectivity index (χ0v) is 10.6. The number of nitrogens with zero attached hydrogens (tertiary/aromatic N) is 2. The van der Waals surface area contributed by atoms with Crippen LogP contribution in [0.5, 0.6) is 0 Å². The van der Waals surface area contributed by atoms with E-state index in [9.17, 15) is 0 Å². The lowest BCUT2D eigenvalue weighted by Crippen LogP contribution is -2.17. The number of fused-ring (bicyclic) bond motifs is 1. The molecule has 0 saturated carbocycles. The molecule has 1 saturated heterocycles. The Morgan fingerprint density at radius 3 is 3.00 bits per heavy atom. The van der Waals surface area contributed by atoms with Crippen molar-refractivity contribution in [3.05, 3.63) is 28.5 Å². The van der Waals surface area contributed by atoms with Crippen molar-refractivity contribution in [2.24, 2.45) is 0 Å². The Morgan fingerprint density at radius 1 is 1.38 bits per heavy atom. The van der Waals surface area contributed by atoms with E-state index in [0.29, 0.717) is 0 Å². The van der Waals surface area contributed by atoms with Crippen LogP contribution in [0.2, 0.25) is 0 Å². The summed E-state index contributed by atoms with van der Waals surface area (Å²) < 4.78 is 1.04. The molecule has 4 heteroatoms. The maximum atomic E-state index is 4.36. The number of hydrogen-bond acceptors (Lipinski definition) is 2. The molecule has 2 aromatic heterocycles. The zero-order valence-electron chi connectivity index (χ0n) is 9.04. The lowest BCUT2D eigenvalue weighted by molar-refractivity contribution is 0.332. The van der Waals surface area contributed by atoms with Crippen LogP contribution in [-0.4, -0.2) is 28.0 Å². The van der Waals surface area contributed by atoms with Gasteiger partial charge in [0, 0.05) is 28.8 Å². The van der Waals surface area contributed by atoms with Crippen LogP contribution >= 0.6 is 15.9 Å². The van der Waals surface area contributed by atoms with E-state index in [2.05, 4.69) is 43.1 Å². The maximum Gasteiger partial charge on any atom is 0.137 e. The van der Waals surface area contributed by atoms with E-state index in [1.54, 1.807) is 0 Å². The number of nitrogens with one attached hydrogen (secondary N) is 1. The second kappa shape index (κ2) is 4.18. The fourth-order valence-electron chi connectivity index (χ4n) is 2.34. The van der Waals surface area contributed by atoms with E-state index in [0.717, 1.165) is 16.7 Å². The lowest BCUT2D eigenvalue weighted by atomic mass is 10.2. The predicted molar refractivity (Wildman–Crippen MR) is 68.3 cm³/mol. The highest BCUT2D eigenvalue weighted by Gasteiger charge is 2.14. The molecular formula is C12H14BrN3. The van der Waals surface area contributed by atoms with Crippen molar-refractivity contribution in [3.8, 4) is 0 Å². The molecule has 0 bridgehead atoms. The van der Waals surface area contributed by atoms with Gasteiger partial charge in [-0.3, -0.25) is 4.90 Å². The Bertz CT molecular complexity index is 500. The summed E-state index contributed by atoms with van der Waals surface area (Å²) in [5.41, 5.74) is 2.34. The Labute approximate surface area is 103 Å². The van der Waals surface area contributed by atoms with Gasteiger partial charge >= 0.3 is 0 Å². The van der Waals surface area contributed by atoms with Gasteiger partial charge in [-0.1, -0.05) is 0 Å². The number of rotatable bonds is 2. The number of pyridine rings is 1. The summed E-state index contributed by atoms with van der Waals surface area (Å²) in [6.07, 6.45) is 6.59. The Balaban J connectivity index is 1.93. The van der Waals surface area contributed by atoms with Gasteiger partial charge in [0.05, 0.1) is 0 Å². The summed E-state index contributed by atoms with van der Waals surface area (Å²) in [4.78, 5) is 10.1. The number of H-pyrrole nitrogens is 1. The number of hydrogen-bond donors (Lipinski definition) is 1. The van der Waals surface area contributed by atoms with Gasteiger partial charge in [-0.05, 0) is 53.5 Å². The first-order valence-electron chi connectivity index (χ1n) is 5.67. The second-order valence-corrected chi connectivity index (χ2v) is 5.26. The molecule has 2 aromatic rings. The van der Waals surface area contributed by atoms with Crippen molar-refractivity contribution in [1.82, 2.24) is 14.9 Å². The van der Waals surface area contributed by atoms with Crippen LogP contribution in [0.1, 0.15) is 18.4 Å². The molecule has 0 aromatic carbocycles. The normalized spacial score (nSPS) is 17.3. The third kappa shape index (κ3) is 1.87. The Hall–Kier alpha value is -0.870. The first-order valence-corrected chi connectivity index (χ1v) is 6.46. The highest BCUT2D eigenvalue weighted by molar-refractivity contribution is 9.10. The van der Waals surface area contributed by atoms with Crippen LogP contribution < -0.4 is 0 Å². The van der Waals surface area contributed by atoms with Crippen molar-refractivity contribution < 1.29 is 0 Å². The minimum Gasteiger partial charge on any atom is -0.346 e. The van der Waals surface area contributed by atoms with Gasteiger partial charge in [-0.15, -0.1) is 0 Å². The number of aromatic nitrogens is 2. The minimum atomic E-state index is 0.984. The van der Waals surface area contributed by atoms with Gasteiger partial charge in [0.2, 0.25) is 0 Å². The van der Waals surface area contributed by atoms with Crippen molar-refractivity contribution in [3.63, 3.8) is 0 Å². The van der Waals surface area contributed by atoms with Gasteiger partial charge in [-0.2, -0.15) is 0 Å². The van der Waals surface area contributed by atoms with Gasteiger partial charge < -0.3 is 4.98 Å². The number of aromatic amines is 1. The van der Waals surface area contributed by atoms with Crippen molar-refractivity contribution in [2.45, 2.75) is 19.4 Å². The summed E-state index contributed by atoms with van der Waals surface area (Å²) in [6, 6.07) is 2.14. The topological polar surface area (TPSA) is 31.9 Å². The fourth-order valence-corrected chi connectivity index (χ4v) is 2.68. The molecule has 3 rings (SSSR count). The molecule has 1 aliphatic heterocycles. The molecule has 0 amide bonds. The molecule has 1 aliphatic rings. The summed E-state index contributed by atoms with van der Waals surface area (Å²) in [5.74, 6) is 0. The fraction of sp³-hybridized carbons (Fsp3) is 0.417. The number of likely N-dealkylation sites (tertiary alicyclic amines) is 1. The smallest absolute Gasteiger partial charge is 0.137 e. The molecule has 0 spiro atoms. The second-order valence-electron chi connectivity index (χ2n) is 4.35. The van der Waals surface area contributed by atoms with E-state index in [1.807, 2.05) is 6.20 Å². The van der Waals surface area contributed by atoms with E-state index in [4.69, 9.17) is 0 Å². The summed E-state index contributed by atoms with van der Waals surface area (Å²) >= 11 is 3.47. The first kappa shape index (κ1) is 10.3. The zero-order chi connectivity index (χ0) is 11.0. The summed E-state index contributed by atoms with van der Waals surface area (Å²) in [5, 5.41) is 1.24. The molecule has 1 N–H and O–H groups in total. The third-order valence-electron chi connectivity index (χ3n) is 3.18. The molecule has 3 nitrogen and oxygen atoms in total. The predicted octanol–water partition coefficient (Wildman–Crippen LogP) is 2.92. The largest absolute Gasteiger partial charge is 0.346 e. The molecule has 0 aliphatic carbocycles. The quantitative estimate of drug-likeness (QED) is 0.917. The SMILES string of the molecule is Brc1cnc2[nH]cc(CN3CCCC3)c2c1. The molecule has 0 radical (unpaired) electrons. The molecule has 1 fully saturated rings. The minimum absolute atomic E-state index is 0.984. The van der Waals surface area contributed by atoms with Gasteiger partial charge in [0.1, 0.15) is 5.65 Å². The molecule has 84 valence electrons. The highest BCUT2D eigenvalue weighted by atomic mass is 79.9. The first-order chi connectivity index (χ1) is 7.83. The number of halogens is 1. The Kier molecular flexibility index (Phi) is 2.69. The van der Waals surface area contributed by atoms with E-state index < -0.39 is 0 Å². The van der Waals surface area contributed by atoms with E-state index in [-0.39, 0.29) is 0 Å². The lowest BCUT2D eigenvalue weighted by Gasteiger charge is -2.13. The van der Waals surface area contributed by atoms with Gasteiger partial charge in [-0.25, -0.2) is 4.98 Å². The molecule has 0 atom stereocenters. The molecule has 3 heterocycles. The van der Waals surface area contributed by atoms with E-state index >= 15 is 0 Å². The van der Waals surface area contributed by atoms with Crippen molar-refractivity contribution in [2.75, 3.05) is 13.1 Å². The van der Waals surface area contributed by atoms with Crippen LogP contribution in [0, 0.1) is 0 Å². The average Bonchev–Trinajstić information content (AvgIpc) is 2.90.